The van der Waals surface area contributed by atoms with Gasteiger partial charge in [0.25, 0.3) is 0 Å². The first-order valence-corrected chi connectivity index (χ1v) is 4.26. The summed E-state index contributed by atoms with van der Waals surface area (Å²) in [5.41, 5.74) is -2.20. The lowest BCUT2D eigenvalue weighted by molar-refractivity contribution is -0.124. The van der Waals surface area contributed by atoms with Gasteiger partial charge in [-0.2, -0.15) is 0 Å². The molecule has 0 fully saturated rings. The topological polar surface area (TPSA) is 34.1 Å². The molecule has 0 saturated carbocycles. The van der Waals surface area contributed by atoms with Gasteiger partial charge in [0.2, 0.25) is 11.5 Å². The lowest BCUT2D eigenvalue weighted by atomic mass is 9.93. The number of ketones is 2. The molecule has 0 N–H and O–H groups in total. The summed E-state index contributed by atoms with van der Waals surface area (Å²) in [7, 11) is 0. The zero-order valence-corrected chi connectivity index (χ0v) is 8.08. The first-order chi connectivity index (χ1) is 6.46. The largest absolute Gasteiger partial charge is 0.296 e. The third kappa shape index (κ3) is 1.87. The zero-order chi connectivity index (χ0) is 10.8. The summed E-state index contributed by atoms with van der Waals surface area (Å²) in [5, 5.41) is 0. The van der Waals surface area contributed by atoms with Crippen LogP contribution in [0.4, 0.5) is 4.39 Å². The maximum Gasteiger partial charge on any atom is 0.227 e. The molecule has 74 valence electrons. The van der Waals surface area contributed by atoms with Gasteiger partial charge in [0.15, 0.2) is 5.78 Å². The highest BCUT2D eigenvalue weighted by atomic mass is 19.1. The number of carbonyl (C=O) groups excluding carboxylic acids is 2. The molecule has 1 atom stereocenters. The first-order valence-electron chi connectivity index (χ1n) is 4.26. The highest BCUT2D eigenvalue weighted by Gasteiger charge is 2.38. The summed E-state index contributed by atoms with van der Waals surface area (Å²) in [6.07, 6.45) is 0. The molecule has 14 heavy (non-hydrogen) atoms. The molecule has 1 aromatic carbocycles. The lowest BCUT2D eigenvalue weighted by Crippen LogP contribution is -2.37. The van der Waals surface area contributed by atoms with Crippen LogP contribution in [0, 0.1) is 0 Å². The molecule has 0 saturated heterocycles. The Kier molecular flexibility index (Phi) is 2.79. The third-order valence-corrected chi connectivity index (χ3v) is 2.12. The molecular weight excluding hydrogens is 183 g/mol. The van der Waals surface area contributed by atoms with Crippen molar-refractivity contribution in [2.75, 3.05) is 0 Å². The molecule has 2 nitrogen and oxygen atoms in total. The Bertz CT molecular complexity index is 355. The van der Waals surface area contributed by atoms with Crippen LogP contribution in [0.15, 0.2) is 30.3 Å². The Morgan fingerprint density at radius 2 is 1.71 bits per heavy atom. The third-order valence-electron chi connectivity index (χ3n) is 2.12. The van der Waals surface area contributed by atoms with Crippen LogP contribution in [0.1, 0.15) is 24.2 Å². The van der Waals surface area contributed by atoms with Crippen LogP contribution in [0.2, 0.25) is 0 Å². The summed E-state index contributed by atoms with van der Waals surface area (Å²) in [4.78, 5) is 22.4. The van der Waals surface area contributed by atoms with Crippen molar-refractivity contribution in [3.05, 3.63) is 35.9 Å². The number of halogens is 1. The van der Waals surface area contributed by atoms with Crippen LogP contribution in [0.25, 0.3) is 0 Å². The van der Waals surface area contributed by atoms with Gasteiger partial charge in [-0.1, -0.05) is 30.3 Å². The van der Waals surface area contributed by atoms with Crippen LogP contribution in [0.3, 0.4) is 0 Å². The summed E-state index contributed by atoms with van der Waals surface area (Å²) in [5.74, 6) is -1.56. The minimum atomic E-state index is -2.42. The molecule has 0 amide bonds. The molecule has 0 aliphatic heterocycles. The molecule has 0 aliphatic carbocycles. The first kappa shape index (κ1) is 10.6. The molecule has 0 bridgehead atoms. The van der Waals surface area contributed by atoms with Crippen LogP contribution in [-0.2, 0) is 4.79 Å². The molecule has 1 aromatic rings. The van der Waals surface area contributed by atoms with E-state index in [0.717, 1.165) is 13.8 Å². The van der Waals surface area contributed by atoms with Crippen molar-refractivity contribution in [2.45, 2.75) is 19.5 Å². The van der Waals surface area contributed by atoms with Crippen molar-refractivity contribution in [1.82, 2.24) is 0 Å². The van der Waals surface area contributed by atoms with E-state index < -0.39 is 17.2 Å². The van der Waals surface area contributed by atoms with E-state index in [1.54, 1.807) is 18.2 Å². The Morgan fingerprint density at radius 3 is 2.14 bits per heavy atom. The summed E-state index contributed by atoms with van der Waals surface area (Å²) in [6, 6.07) is 7.96. The number of hydrogen-bond donors (Lipinski definition) is 0. The number of alkyl halides is 1. The molecule has 0 unspecified atom stereocenters. The van der Waals surface area contributed by atoms with Gasteiger partial charge in [-0.3, -0.25) is 9.59 Å². The van der Waals surface area contributed by atoms with Crippen molar-refractivity contribution in [3.8, 4) is 0 Å². The fourth-order valence-corrected chi connectivity index (χ4v) is 1.02. The van der Waals surface area contributed by atoms with E-state index in [0.29, 0.717) is 0 Å². The predicted octanol–water partition coefficient (Wildman–Crippen LogP) is 2.19. The van der Waals surface area contributed by atoms with Crippen LogP contribution >= 0.6 is 0 Å². The summed E-state index contributed by atoms with van der Waals surface area (Å²) in [6.45, 7) is 2.06. The maximum absolute atomic E-state index is 13.6. The van der Waals surface area contributed by atoms with Crippen LogP contribution < -0.4 is 0 Å². The quantitative estimate of drug-likeness (QED) is 0.546. The van der Waals surface area contributed by atoms with E-state index in [9.17, 15) is 14.0 Å². The zero-order valence-electron chi connectivity index (χ0n) is 8.08. The molecule has 0 heterocycles. The average Bonchev–Trinajstić information content (AvgIpc) is 2.17. The van der Waals surface area contributed by atoms with Gasteiger partial charge >= 0.3 is 0 Å². The Labute approximate surface area is 81.7 Å². The Morgan fingerprint density at radius 1 is 1.21 bits per heavy atom. The van der Waals surface area contributed by atoms with Crippen molar-refractivity contribution < 1.29 is 14.0 Å². The van der Waals surface area contributed by atoms with Crippen LogP contribution in [0.5, 0.6) is 0 Å². The van der Waals surface area contributed by atoms with E-state index in [1.165, 1.54) is 12.1 Å². The minimum absolute atomic E-state index is 0.215. The van der Waals surface area contributed by atoms with Crippen molar-refractivity contribution in [3.63, 3.8) is 0 Å². The molecule has 0 aromatic heterocycles. The van der Waals surface area contributed by atoms with Crippen molar-refractivity contribution >= 4 is 11.6 Å². The van der Waals surface area contributed by atoms with Gasteiger partial charge in [-0.15, -0.1) is 0 Å². The normalized spacial score (nSPS) is 14.5. The number of benzene rings is 1. The van der Waals surface area contributed by atoms with Gasteiger partial charge in [0.05, 0.1) is 0 Å². The number of hydrogen-bond acceptors (Lipinski definition) is 2. The van der Waals surface area contributed by atoms with E-state index in [2.05, 4.69) is 0 Å². The Hall–Kier alpha value is -1.51. The van der Waals surface area contributed by atoms with Gasteiger partial charge in [-0.25, -0.2) is 4.39 Å². The standard InChI is InChI=1S/C11H11FO2/c1-8(13)11(2,12)10(14)9-6-4-3-5-7-9/h3-7H,1-2H3/t11-/m0/s1. The predicted molar refractivity (Wildman–Crippen MR) is 51.0 cm³/mol. The summed E-state index contributed by atoms with van der Waals surface area (Å²) < 4.78 is 13.6. The van der Waals surface area contributed by atoms with Crippen molar-refractivity contribution in [2.24, 2.45) is 0 Å². The lowest BCUT2D eigenvalue weighted by Gasteiger charge is -2.14. The van der Waals surface area contributed by atoms with Crippen LogP contribution in [-0.4, -0.2) is 17.2 Å². The highest BCUT2D eigenvalue weighted by Crippen LogP contribution is 2.18. The van der Waals surface area contributed by atoms with Gasteiger partial charge in [0.1, 0.15) is 0 Å². The highest BCUT2D eigenvalue weighted by molar-refractivity contribution is 6.16. The maximum atomic E-state index is 13.6. The molecular formula is C11H11FO2. The second-order valence-corrected chi connectivity index (χ2v) is 3.25. The summed E-state index contributed by atoms with van der Waals surface area (Å²) >= 11 is 0. The molecule has 3 heteroatoms. The fourth-order valence-electron chi connectivity index (χ4n) is 1.02. The van der Waals surface area contributed by atoms with Gasteiger partial charge < -0.3 is 0 Å². The average molecular weight is 194 g/mol. The minimum Gasteiger partial charge on any atom is -0.296 e. The van der Waals surface area contributed by atoms with E-state index in [4.69, 9.17) is 0 Å². The second-order valence-electron chi connectivity index (χ2n) is 3.25. The van der Waals surface area contributed by atoms with Crippen molar-refractivity contribution in [1.29, 1.82) is 0 Å². The van der Waals surface area contributed by atoms with Gasteiger partial charge in [0, 0.05) is 5.56 Å². The smallest absolute Gasteiger partial charge is 0.227 e. The number of Topliss-reactive ketones (excluding diaryl/α,β-unsaturated/α-hetero) is 2. The number of rotatable bonds is 3. The SMILES string of the molecule is CC(=O)[C@](C)(F)C(=O)c1ccccc1. The number of carbonyl (C=O) groups is 2. The van der Waals surface area contributed by atoms with E-state index >= 15 is 0 Å². The molecule has 0 aliphatic rings. The fraction of sp³-hybridized carbons (Fsp3) is 0.273. The molecule has 0 spiro atoms. The van der Waals surface area contributed by atoms with E-state index in [-0.39, 0.29) is 5.56 Å². The molecule has 0 radical (unpaired) electrons. The second kappa shape index (κ2) is 3.70. The van der Waals surface area contributed by atoms with Gasteiger partial charge in [-0.05, 0) is 13.8 Å². The Balaban J connectivity index is 3.03. The van der Waals surface area contributed by atoms with E-state index in [1.807, 2.05) is 0 Å². The molecule has 1 rings (SSSR count). The monoisotopic (exact) mass is 194 g/mol.